The first-order valence-corrected chi connectivity index (χ1v) is 6.92. The van der Waals surface area contributed by atoms with Crippen LogP contribution in [0.15, 0.2) is 21.7 Å². The second kappa shape index (κ2) is 4.92. The van der Waals surface area contributed by atoms with E-state index in [1.165, 1.54) is 10.8 Å². The number of nitrogens with two attached hydrogens (primary N) is 1. The average Bonchev–Trinajstić information content (AvgIpc) is 2.82. The molecule has 3 aromatic rings. The van der Waals surface area contributed by atoms with Crippen LogP contribution in [0.2, 0.25) is 0 Å². The van der Waals surface area contributed by atoms with E-state index in [1.807, 2.05) is 0 Å². The third-order valence-corrected chi connectivity index (χ3v) is 3.72. The van der Waals surface area contributed by atoms with Crippen LogP contribution in [-0.4, -0.2) is 29.3 Å². The Balaban J connectivity index is 2.13. The van der Waals surface area contributed by atoms with E-state index in [-0.39, 0.29) is 12.1 Å². The zero-order chi connectivity index (χ0) is 15.1. The molecule has 8 nitrogen and oxygen atoms in total. The number of hydrogen-bond acceptors (Lipinski definition) is 6. The minimum absolute atomic E-state index is 0.185. The van der Waals surface area contributed by atoms with E-state index in [0.29, 0.717) is 33.0 Å². The van der Waals surface area contributed by atoms with Gasteiger partial charge in [0.2, 0.25) is 0 Å². The van der Waals surface area contributed by atoms with Crippen LogP contribution in [0.5, 0.6) is 0 Å². The largest absolute Gasteiger partial charge is 0.383 e. The molecule has 0 spiro atoms. The van der Waals surface area contributed by atoms with Crippen molar-refractivity contribution >= 4 is 32.8 Å². The maximum atomic E-state index is 12.1. The molecule has 2 N–H and O–H groups in total. The molecule has 9 heteroatoms. The van der Waals surface area contributed by atoms with E-state index in [4.69, 9.17) is 5.73 Å². The highest BCUT2D eigenvalue weighted by atomic mass is 79.9. The molecule has 3 rings (SSSR count). The van der Waals surface area contributed by atoms with Crippen molar-refractivity contribution < 1.29 is 0 Å². The highest BCUT2D eigenvalue weighted by Crippen LogP contribution is 2.16. The van der Waals surface area contributed by atoms with Crippen molar-refractivity contribution in [1.82, 2.24) is 29.3 Å². The third-order valence-electron chi connectivity index (χ3n) is 3.17. The number of fused-ring (bicyclic) bond motifs is 1. The fourth-order valence-corrected chi connectivity index (χ4v) is 2.36. The number of nitrogens with zero attached hydrogens (tertiary/aromatic N) is 6. The maximum Gasteiger partial charge on any atom is 0.268 e. The first kappa shape index (κ1) is 13.7. The maximum absolute atomic E-state index is 12.1. The fraction of sp³-hybridized carbons (Fsp3) is 0.250. The number of nitrogen functional groups attached to an aromatic ring is 1. The van der Waals surface area contributed by atoms with Gasteiger partial charge in [-0.2, -0.15) is 5.10 Å². The Labute approximate surface area is 127 Å². The third kappa shape index (κ3) is 2.29. The second-order valence-electron chi connectivity index (χ2n) is 4.58. The summed E-state index contributed by atoms with van der Waals surface area (Å²) in [5.41, 5.74) is 6.36. The number of anilines is 1. The molecule has 0 aliphatic heterocycles. The molecule has 0 bridgehead atoms. The van der Waals surface area contributed by atoms with Gasteiger partial charge in [-0.15, -0.1) is 0 Å². The lowest BCUT2D eigenvalue weighted by Gasteiger charge is -2.09. The normalized spacial score (nSPS) is 11.2. The average molecular weight is 350 g/mol. The lowest BCUT2D eigenvalue weighted by atomic mass is 10.4. The van der Waals surface area contributed by atoms with Crippen LogP contribution < -0.4 is 11.3 Å². The van der Waals surface area contributed by atoms with Crippen molar-refractivity contribution in [3.05, 3.63) is 38.9 Å². The van der Waals surface area contributed by atoms with Gasteiger partial charge in [0, 0.05) is 13.2 Å². The number of aromatic nitrogens is 6. The highest BCUT2D eigenvalue weighted by molar-refractivity contribution is 9.10. The zero-order valence-electron chi connectivity index (χ0n) is 11.4. The first-order chi connectivity index (χ1) is 9.97. The Morgan fingerprint density at radius 1 is 1.33 bits per heavy atom. The second-order valence-corrected chi connectivity index (χ2v) is 5.43. The van der Waals surface area contributed by atoms with Crippen molar-refractivity contribution in [2.24, 2.45) is 7.05 Å². The Morgan fingerprint density at radius 2 is 2.10 bits per heavy atom. The SMILES string of the molecule is Cc1ncc(Br)c(=O)n1Cc1nc(N)c2cnn(C)c2n1. The molecule has 108 valence electrons. The van der Waals surface area contributed by atoms with Gasteiger partial charge in [-0.05, 0) is 22.9 Å². The molecule has 0 amide bonds. The van der Waals surface area contributed by atoms with Gasteiger partial charge in [-0.25, -0.2) is 15.0 Å². The van der Waals surface area contributed by atoms with Crippen LogP contribution in [0.3, 0.4) is 0 Å². The van der Waals surface area contributed by atoms with Gasteiger partial charge in [0.25, 0.3) is 5.56 Å². The molecule has 0 fully saturated rings. The smallest absolute Gasteiger partial charge is 0.268 e. The summed E-state index contributed by atoms with van der Waals surface area (Å²) in [6, 6.07) is 0. The van der Waals surface area contributed by atoms with Gasteiger partial charge in [0.05, 0.1) is 18.1 Å². The van der Waals surface area contributed by atoms with Crippen molar-refractivity contribution in [2.75, 3.05) is 5.73 Å². The molecule has 0 aromatic carbocycles. The van der Waals surface area contributed by atoms with Gasteiger partial charge >= 0.3 is 0 Å². The Hall–Kier alpha value is -2.29. The molecule has 3 heterocycles. The van der Waals surface area contributed by atoms with Crippen LogP contribution >= 0.6 is 15.9 Å². The molecule has 0 aliphatic rings. The highest BCUT2D eigenvalue weighted by Gasteiger charge is 2.12. The molecule has 0 saturated carbocycles. The van der Waals surface area contributed by atoms with Gasteiger partial charge in [-0.3, -0.25) is 14.0 Å². The van der Waals surface area contributed by atoms with E-state index in [1.54, 1.807) is 24.9 Å². The molecular formula is C12H12BrN7O. The van der Waals surface area contributed by atoms with Crippen LogP contribution in [0.4, 0.5) is 5.82 Å². The molecular weight excluding hydrogens is 338 g/mol. The molecule has 0 atom stereocenters. The predicted octanol–water partition coefficient (Wildman–Crippen LogP) is 0.621. The molecule has 0 unspecified atom stereocenters. The molecule has 0 radical (unpaired) electrons. The fourth-order valence-electron chi connectivity index (χ4n) is 2.04. The predicted molar refractivity (Wildman–Crippen MR) is 80.8 cm³/mol. The summed E-state index contributed by atoms with van der Waals surface area (Å²) >= 11 is 3.18. The topological polar surface area (TPSA) is 105 Å². The summed E-state index contributed by atoms with van der Waals surface area (Å²) < 4.78 is 3.50. The number of aryl methyl sites for hydroxylation is 2. The summed E-state index contributed by atoms with van der Waals surface area (Å²) in [4.78, 5) is 24.9. The lowest BCUT2D eigenvalue weighted by Crippen LogP contribution is -2.25. The zero-order valence-corrected chi connectivity index (χ0v) is 13.0. The number of rotatable bonds is 2. The summed E-state index contributed by atoms with van der Waals surface area (Å²) in [6.45, 7) is 1.95. The number of hydrogen-bond donors (Lipinski definition) is 1. The molecule has 3 aromatic heterocycles. The Morgan fingerprint density at radius 3 is 2.86 bits per heavy atom. The summed E-state index contributed by atoms with van der Waals surface area (Å²) in [7, 11) is 1.77. The minimum atomic E-state index is -0.185. The quantitative estimate of drug-likeness (QED) is 0.727. The van der Waals surface area contributed by atoms with E-state index >= 15 is 0 Å². The molecule has 0 aliphatic carbocycles. The minimum Gasteiger partial charge on any atom is -0.383 e. The van der Waals surface area contributed by atoms with Gasteiger partial charge in [0.15, 0.2) is 11.5 Å². The van der Waals surface area contributed by atoms with Crippen LogP contribution in [0.1, 0.15) is 11.6 Å². The molecule has 0 saturated heterocycles. The Kier molecular flexibility index (Phi) is 3.20. The van der Waals surface area contributed by atoms with Crippen molar-refractivity contribution in [2.45, 2.75) is 13.5 Å². The number of halogens is 1. The summed E-state index contributed by atoms with van der Waals surface area (Å²) in [5.74, 6) is 1.36. The van der Waals surface area contributed by atoms with Gasteiger partial charge in [0.1, 0.15) is 16.1 Å². The lowest BCUT2D eigenvalue weighted by molar-refractivity contribution is 0.665. The van der Waals surface area contributed by atoms with Gasteiger partial charge in [-0.1, -0.05) is 0 Å². The summed E-state index contributed by atoms with van der Waals surface area (Å²) in [5, 5.41) is 4.79. The van der Waals surface area contributed by atoms with Gasteiger partial charge < -0.3 is 5.73 Å². The van der Waals surface area contributed by atoms with Crippen molar-refractivity contribution in [1.29, 1.82) is 0 Å². The van der Waals surface area contributed by atoms with Crippen molar-refractivity contribution in [3.63, 3.8) is 0 Å². The van der Waals surface area contributed by atoms with E-state index < -0.39 is 0 Å². The summed E-state index contributed by atoms with van der Waals surface area (Å²) in [6.07, 6.45) is 3.10. The van der Waals surface area contributed by atoms with Crippen LogP contribution in [0, 0.1) is 6.92 Å². The molecule has 21 heavy (non-hydrogen) atoms. The van der Waals surface area contributed by atoms with E-state index in [0.717, 1.165) is 0 Å². The van der Waals surface area contributed by atoms with E-state index in [9.17, 15) is 4.79 Å². The standard InChI is InChI=1S/C12H12BrN7O/c1-6-15-4-8(13)12(21)20(6)5-9-17-10(14)7-3-16-19(2)11(7)18-9/h3-4H,5H2,1-2H3,(H2,14,17,18). The van der Waals surface area contributed by atoms with E-state index in [2.05, 4.69) is 36.0 Å². The van der Waals surface area contributed by atoms with Crippen LogP contribution in [0.25, 0.3) is 11.0 Å². The van der Waals surface area contributed by atoms with Crippen molar-refractivity contribution in [3.8, 4) is 0 Å². The first-order valence-electron chi connectivity index (χ1n) is 6.13. The monoisotopic (exact) mass is 349 g/mol. The van der Waals surface area contributed by atoms with Crippen LogP contribution in [-0.2, 0) is 13.6 Å². The Bertz CT molecular complexity index is 898.